The van der Waals surface area contributed by atoms with Gasteiger partial charge in [0.1, 0.15) is 12.0 Å². The molecule has 0 unspecified atom stereocenters. The molecule has 0 spiro atoms. The van der Waals surface area contributed by atoms with Gasteiger partial charge >= 0.3 is 0 Å². The molecule has 0 aliphatic heterocycles. The summed E-state index contributed by atoms with van der Waals surface area (Å²) in [5, 5.41) is 10.8. The highest BCUT2D eigenvalue weighted by Gasteiger charge is 2.34. The van der Waals surface area contributed by atoms with Crippen molar-refractivity contribution in [1.29, 1.82) is 0 Å². The van der Waals surface area contributed by atoms with Crippen molar-refractivity contribution in [1.82, 2.24) is 15.8 Å². The summed E-state index contributed by atoms with van der Waals surface area (Å²) in [6, 6.07) is 1.85. The first kappa shape index (κ1) is 20.3. The minimum atomic E-state index is 0. The highest BCUT2D eigenvalue weighted by molar-refractivity contribution is 14.0. The van der Waals surface area contributed by atoms with Gasteiger partial charge in [0.05, 0.1) is 6.54 Å². The van der Waals surface area contributed by atoms with E-state index in [2.05, 4.69) is 41.6 Å². The average molecular weight is 434 g/mol. The van der Waals surface area contributed by atoms with Crippen molar-refractivity contribution in [2.24, 2.45) is 16.3 Å². The second-order valence-corrected chi connectivity index (χ2v) is 6.84. The van der Waals surface area contributed by atoms with Crippen LogP contribution in [0.3, 0.4) is 0 Å². The molecule has 2 rings (SSSR count). The maximum atomic E-state index is 4.85. The predicted octanol–water partition coefficient (Wildman–Crippen LogP) is 3.95. The molecule has 5 nitrogen and oxygen atoms in total. The molecule has 0 atom stereocenters. The molecule has 1 aliphatic rings. The molecule has 0 radical (unpaired) electrons. The zero-order valence-electron chi connectivity index (χ0n) is 14.6. The molecular weight excluding hydrogens is 403 g/mol. The third kappa shape index (κ3) is 6.69. The summed E-state index contributed by atoms with van der Waals surface area (Å²) < 4.78 is 4.85. The lowest BCUT2D eigenvalue weighted by atomic mass is 9.78. The standard InChI is InChI=1S/C17H30N4O.HI/c1-4-18-16(19-12-15-7-10-22-21-15)20-13-17(11-14(2)3)8-5-6-9-17;/h7,10,14H,4-6,8-9,11-13H2,1-3H3,(H2,18,19,20);1H. The van der Waals surface area contributed by atoms with Crippen LogP contribution < -0.4 is 10.6 Å². The maximum Gasteiger partial charge on any atom is 0.191 e. The summed E-state index contributed by atoms with van der Waals surface area (Å²) in [6.07, 6.45) is 8.27. The summed E-state index contributed by atoms with van der Waals surface area (Å²) in [5.41, 5.74) is 1.30. The van der Waals surface area contributed by atoms with Gasteiger partial charge in [0.2, 0.25) is 0 Å². The Labute approximate surface area is 157 Å². The highest BCUT2D eigenvalue weighted by Crippen LogP contribution is 2.42. The SMILES string of the molecule is CCNC(=NCc1ccon1)NCC1(CC(C)C)CCCC1.I. The minimum absolute atomic E-state index is 0. The van der Waals surface area contributed by atoms with Crippen LogP contribution in [0.15, 0.2) is 21.8 Å². The molecule has 0 aromatic carbocycles. The van der Waals surface area contributed by atoms with E-state index in [9.17, 15) is 0 Å². The zero-order valence-corrected chi connectivity index (χ0v) is 16.9. The fourth-order valence-electron chi connectivity index (χ4n) is 3.54. The predicted molar refractivity (Wildman–Crippen MR) is 105 cm³/mol. The number of aromatic nitrogens is 1. The van der Waals surface area contributed by atoms with E-state index in [0.717, 1.165) is 30.7 Å². The Morgan fingerprint density at radius 1 is 1.35 bits per heavy atom. The van der Waals surface area contributed by atoms with E-state index in [4.69, 9.17) is 4.52 Å². The molecule has 2 N–H and O–H groups in total. The maximum absolute atomic E-state index is 4.85. The molecule has 1 heterocycles. The highest BCUT2D eigenvalue weighted by atomic mass is 127. The average Bonchev–Trinajstić information content (AvgIpc) is 3.13. The molecule has 6 heteroatoms. The van der Waals surface area contributed by atoms with Crippen LogP contribution in [-0.4, -0.2) is 24.2 Å². The van der Waals surface area contributed by atoms with E-state index >= 15 is 0 Å². The van der Waals surface area contributed by atoms with Crippen molar-refractivity contribution >= 4 is 29.9 Å². The molecular formula is C17H31IN4O. The first-order chi connectivity index (χ1) is 10.6. The topological polar surface area (TPSA) is 62.5 Å². The van der Waals surface area contributed by atoms with Gasteiger partial charge in [-0.15, -0.1) is 24.0 Å². The Balaban J connectivity index is 0.00000264. The minimum Gasteiger partial charge on any atom is -0.364 e. The van der Waals surface area contributed by atoms with Gasteiger partial charge in [-0.25, -0.2) is 4.99 Å². The first-order valence-electron chi connectivity index (χ1n) is 8.55. The Hall–Kier alpha value is -0.790. The molecule has 0 bridgehead atoms. The molecule has 0 amide bonds. The van der Waals surface area contributed by atoms with Crippen molar-refractivity contribution < 1.29 is 4.52 Å². The molecule has 132 valence electrons. The van der Waals surface area contributed by atoms with Crippen LogP contribution in [0.5, 0.6) is 0 Å². The van der Waals surface area contributed by atoms with Gasteiger partial charge in [0.15, 0.2) is 5.96 Å². The van der Waals surface area contributed by atoms with Crippen LogP contribution in [0, 0.1) is 11.3 Å². The van der Waals surface area contributed by atoms with Crippen molar-refractivity contribution in [3.8, 4) is 0 Å². The molecule has 23 heavy (non-hydrogen) atoms. The smallest absolute Gasteiger partial charge is 0.191 e. The number of nitrogens with zero attached hydrogens (tertiary/aromatic N) is 2. The first-order valence-corrected chi connectivity index (χ1v) is 8.55. The normalized spacial score (nSPS) is 17.1. The van der Waals surface area contributed by atoms with Crippen LogP contribution in [0.2, 0.25) is 0 Å². The van der Waals surface area contributed by atoms with Crippen molar-refractivity contribution in [3.63, 3.8) is 0 Å². The van der Waals surface area contributed by atoms with Gasteiger partial charge in [-0.1, -0.05) is 31.8 Å². The number of aliphatic imine (C=N–C) groups is 1. The fraction of sp³-hybridized carbons (Fsp3) is 0.765. The largest absolute Gasteiger partial charge is 0.364 e. The van der Waals surface area contributed by atoms with Crippen molar-refractivity contribution in [2.75, 3.05) is 13.1 Å². The number of guanidine groups is 1. The second-order valence-electron chi connectivity index (χ2n) is 6.84. The quantitative estimate of drug-likeness (QED) is 0.388. The number of rotatable bonds is 7. The Kier molecular flexibility index (Phi) is 8.94. The van der Waals surface area contributed by atoms with Crippen LogP contribution in [0.25, 0.3) is 0 Å². The van der Waals surface area contributed by atoms with Gasteiger partial charge in [0, 0.05) is 19.2 Å². The van der Waals surface area contributed by atoms with E-state index in [1.807, 2.05) is 6.07 Å². The lowest BCUT2D eigenvalue weighted by Crippen LogP contribution is -2.43. The number of hydrogen-bond acceptors (Lipinski definition) is 3. The lowest BCUT2D eigenvalue weighted by molar-refractivity contribution is 0.234. The zero-order chi connectivity index (χ0) is 15.8. The molecule has 1 aromatic heterocycles. The summed E-state index contributed by atoms with van der Waals surface area (Å²) >= 11 is 0. The van der Waals surface area contributed by atoms with E-state index in [0.29, 0.717) is 12.0 Å². The van der Waals surface area contributed by atoms with Gasteiger partial charge in [-0.3, -0.25) is 0 Å². The van der Waals surface area contributed by atoms with Crippen LogP contribution in [-0.2, 0) is 6.54 Å². The Morgan fingerprint density at radius 2 is 2.09 bits per heavy atom. The fourth-order valence-corrected chi connectivity index (χ4v) is 3.54. The van der Waals surface area contributed by atoms with Crippen molar-refractivity contribution in [2.45, 2.75) is 59.4 Å². The third-order valence-corrected chi connectivity index (χ3v) is 4.37. The van der Waals surface area contributed by atoms with E-state index in [-0.39, 0.29) is 24.0 Å². The molecule has 1 fully saturated rings. The van der Waals surface area contributed by atoms with Crippen molar-refractivity contribution in [3.05, 3.63) is 18.0 Å². The Morgan fingerprint density at radius 3 is 2.65 bits per heavy atom. The lowest BCUT2D eigenvalue weighted by Gasteiger charge is -2.31. The summed E-state index contributed by atoms with van der Waals surface area (Å²) in [7, 11) is 0. The van der Waals surface area contributed by atoms with Gasteiger partial charge in [-0.2, -0.15) is 0 Å². The third-order valence-electron chi connectivity index (χ3n) is 4.37. The summed E-state index contributed by atoms with van der Waals surface area (Å²) in [6.45, 7) is 9.15. The van der Waals surface area contributed by atoms with E-state index < -0.39 is 0 Å². The molecule has 1 saturated carbocycles. The van der Waals surface area contributed by atoms with E-state index in [1.165, 1.54) is 32.1 Å². The molecule has 0 saturated heterocycles. The Bertz CT molecular complexity index is 453. The number of hydrogen-bond donors (Lipinski definition) is 2. The number of nitrogens with one attached hydrogen (secondary N) is 2. The van der Waals surface area contributed by atoms with Crippen LogP contribution in [0.1, 0.15) is 58.6 Å². The van der Waals surface area contributed by atoms with Gasteiger partial charge in [0.25, 0.3) is 0 Å². The van der Waals surface area contributed by atoms with E-state index in [1.54, 1.807) is 6.26 Å². The second kappa shape index (κ2) is 10.2. The van der Waals surface area contributed by atoms with Gasteiger partial charge in [-0.05, 0) is 37.5 Å². The summed E-state index contributed by atoms with van der Waals surface area (Å²) in [4.78, 5) is 4.60. The molecule has 1 aliphatic carbocycles. The van der Waals surface area contributed by atoms with Crippen LogP contribution in [0.4, 0.5) is 0 Å². The summed E-state index contributed by atoms with van der Waals surface area (Å²) in [5.74, 6) is 1.62. The number of halogens is 1. The van der Waals surface area contributed by atoms with Gasteiger partial charge < -0.3 is 15.2 Å². The van der Waals surface area contributed by atoms with Crippen LogP contribution >= 0.6 is 24.0 Å². The molecule has 1 aromatic rings. The monoisotopic (exact) mass is 434 g/mol.